The molecule has 3 aromatic rings. The van der Waals surface area contributed by atoms with E-state index in [1.54, 1.807) is 18.5 Å². The highest BCUT2D eigenvalue weighted by molar-refractivity contribution is 14.1. The Morgan fingerprint density at radius 3 is 2.69 bits per heavy atom. The van der Waals surface area contributed by atoms with E-state index in [0.717, 1.165) is 3.57 Å². The van der Waals surface area contributed by atoms with E-state index in [2.05, 4.69) is 32.8 Å². The third-order valence-corrected chi connectivity index (χ3v) is 4.88. The van der Waals surface area contributed by atoms with Crippen molar-refractivity contribution in [3.05, 3.63) is 33.4 Å². The van der Waals surface area contributed by atoms with Crippen LogP contribution < -0.4 is 4.90 Å². The molecule has 3 heterocycles. The predicted octanol–water partition coefficient (Wildman–Crippen LogP) is 3.18. The third kappa shape index (κ3) is 2.88. The van der Waals surface area contributed by atoms with Crippen LogP contribution in [-0.4, -0.2) is 46.5 Å². The number of nitrogens with zero attached hydrogens (tertiary/aromatic N) is 4. The molecule has 0 N–H and O–H groups in total. The van der Waals surface area contributed by atoms with Crippen LogP contribution >= 0.6 is 22.6 Å². The van der Waals surface area contributed by atoms with Crippen LogP contribution in [0.3, 0.4) is 0 Å². The zero-order valence-corrected chi connectivity index (χ0v) is 16.3. The van der Waals surface area contributed by atoms with Gasteiger partial charge in [0.25, 0.3) is 0 Å². The van der Waals surface area contributed by atoms with E-state index < -0.39 is 5.82 Å². The number of hydrogen-bond acceptors (Lipinski definition) is 6. The highest BCUT2D eigenvalue weighted by atomic mass is 127. The van der Waals surface area contributed by atoms with Crippen LogP contribution in [0.25, 0.3) is 16.8 Å². The Kier molecular flexibility index (Phi) is 4.43. The molecule has 4 rings (SSSR count). The fourth-order valence-corrected chi connectivity index (χ4v) is 3.78. The van der Waals surface area contributed by atoms with E-state index in [9.17, 15) is 4.79 Å². The average Bonchev–Trinajstić information content (AvgIpc) is 3.19. The Morgan fingerprint density at radius 2 is 2.08 bits per heavy atom. The molecule has 0 bridgehead atoms. The zero-order valence-electron chi connectivity index (χ0n) is 14.1. The molecule has 1 aliphatic heterocycles. The van der Waals surface area contributed by atoms with Crippen LogP contribution in [0, 0.1) is 9.39 Å². The van der Waals surface area contributed by atoms with E-state index in [1.165, 1.54) is 4.68 Å². The second-order valence-electron chi connectivity index (χ2n) is 6.39. The summed E-state index contributed by atoms with van der Waals surface area (Å²) in [5.41, 5.74) is 0.493. The molecule has 0 radical (unpaired) electrons. The number of hydrogen-bond donors (Lipinski definition) is 0. The maximum Gasteiger partial charge on any atom is 0.206 e. The van der Waals surface area contributed by atoms with Gasteiger partial charge in [-0.25, -0.2) is 9.07 Å². The highest BCUT2D eigenvalue weighted by Gasteiger charge is 2.29. The minimum absolute atomic E-state index is 0.0120. The number of halogens is 2. The smallest absolute Gasteiger partial charge is 0.206 e. The maximum atomic E-state index is 15.3. The lowest BCUT2D eigenvalue weighted by Crippen LogP contribution is -2.46. The Balaban J connectivity index is 1.87. The Labute approximate surface area is 162 Å². The van der Waals surface area contributed by atoms with Crippen LogP contribution in [0.1, 0.15) is 24.2 Å². The molecule has 26 heavy (non-hydrogen) atoms. The number of aromatic nitrogens is 3. The van der Waals surface area contributed by atoms with Crippen molar-refractivity contribution in [2.75, 3.05) is 18.0 Å². The van der Waals surface area contributed by atoms with Gasteiger partial charge in [-0.15, -0.1) is 0 Å². The molecular formula is C17H16FIN4O3. The number of carbonyl (C=O) groups excluding carboxylic acids is 1. The number of anilines is 1. The van der Waals surface area contributed by atoms with Gasteiger partial charge in [0.1, 0.15) is 0 Å². The lowest BCUT2D eigenvalue weighted by molar-refractivity contribution is -0.00543. The first kappa shape index (κ1) is 17.4. The molecular weight excluding hydrogens is 454 g/mol. The van der Waals surface area contributed by atoms with Crippen LogP contribution in [0.2, 0.25) is 0 Å². The summed E-state index contributed by atoms with van der Waals surface area (Å²) in [5.74, 6) is -0.244. The molecule has 0 saturated carbocycles. The number of carbonyl (C=O) groups is 1. The second-order valence-corrected chi connectivity index (χ2v) is 7.64. The fourth-order valence-electron chi connectivity index (χ4n) is 3.39. The number of ether oxygens (including phenoxy) is 1. The molecule has 7 nitrogen and oxygen atoms in total. The molecule has 2 aromatic heterocycles. The van der Waals surface area contributed by atoms with Crippen LogP contribution in [0.4, 0.5) is 10.1 Å². The first-order valence-electron chi connectivity index (χ1n) is 8.16. The van der Waals surface area contributed by atoms with Gasteiger partial charge in [-0.05, 0) is 42.5 Å². The average molecular weight is 470 g/mol. The molecule has 1 saturated heterocycles. The number of morpholine rings is 1. The minimum atomic E-state index is -0.591. The van der Waals surface area contributed by atoms with Crippen molar-refractivity contribution in [1.82, 2.24) is 14.9 Å². The van der Waals surface area contributed by atoms with Gasteiger partial charge in [-0.1, -0.05) is 5.16 Å². The summed E-state index contributed by atoms with van der Waals surface area (Å²) in [5, 5.41) is 8.53. The van der Waals surface area contributed by atoms with E-state index in [1.807, 2.05) is 18.7 Å². The molecule has 9 heteroatoms. The van der Waals surface area contributed by atoms with Crippen LogP contribution in [-0.2, 0) is 4.74 Å². The van der Waals surface area contributed by atoms with Gasteiger partial charge >= 0.3 is 0 Å². The lowest BCUT2D eigenvalue weighted by atomic mass is 10.1. The lowest BCUT2D eigenvalue weighted by Gasteiger charge is -2.37. The molecule has 0 aliphatic carbocycles. The van der Waals surface area contributed by atoms with Crippen molar-refractivity contribution in [2.24, 2.45) is 0 Å². The van der Waals surface area contributed by atoms with E-state index in [4.69, 9.17) is 9.26 Å². The van der Waals surface area contributed by atoms with Crippen molar-refractivity contribution in [1.29, 1.82) is 0 Å². The van der Waals surface area contributed by atoms with Crippen molar-refractivity contribution >= 4 is 45.5 Å². The number of aldehydes is 1. The molecule has 1 aromatic carbocycles. The molecule has 136 valence electrons. The van der Waals surface area contributed by atoms with Gasteiger partial charge < -0.3 is 14.2 Å². The number of fused-ring (bicyclic) bond motifs is 1. The molecule has 1 fully saturated rings. The first-order chi connectivity index (χ1) is 12.5. The summed E-state index contributed by atoms with van der Waals surface area (Å²) in [7, 11) is 0. The van der Waals surface area contributed by atoms with Gasteiger partial charge in [0, 0.05) is 24.8 Å². The summed E-state index contributed by atoms with van der Waals surface area (Å²) in [6.07, 6.45) is 3.93. The van der Waals surface area contributed by atoms with Gasteiger partial charge in [0.2, 0.25) is 11.4 Å². The highest BCUT2D eigenvalue weighted by Crippen LogP contribution is 2.35. The molecule has 2 unspecified atom stereocenters. The van der Waals surface area contributed by atoms with Gasteiger partial charge in [0.15, 0.2) is 12.1 Å². The van der Waals surface area contributed by atoms with Crippen molar-refractivity contribution in [3.8, 4) is 5.82 Å². The summed E-state index contributed by atoms with van der Waals surface area (Å²) in [6.45, 7) is 4.83. The standard InChI is InChI=1S/C17H16FIN4O3/c1-9-5-22(6-10(2)25-9)15-11(8-24)3-13-16(14(15)18)26-21-17(13)23-7-12(19)4-20-23/h3-4,7-10H,5-6H2,1-2H3. The maximum absolute atomic E-state index is 15.3. The van der Waals surface area contributed by atoms with Crippen LogP contribution in [0.15, 0.2) is 23.0 Å². The van der Waals surface area contributed by atoms with Gasteiger partial charge in [-0.2, -0.15) is 5.10 Å². The molecule has 0 amide bonds. The fraction of sp³-hybridized carbons (Fsp3) is 0.353. The first-order valence-corrected chi connectivity index (χ1v) is 9.23. The summed E-state index contributed by atoms with van der Waals surface area (Å²) in [6, 6.07) is 1.60. The predicted molar refractivity (Wildman–Crippen MR) is 101 cm³/mol. The third-order valence-electron chi connectivity index (χ3n) is 4.32. The van der Waals surface area contributed by atoms with Crippen LogP contribution in [0.5, 0.6) is 0 Å². The Morgan fingerprint density at radius 1 is 1.35 bits per heavy atom. The SMILES string of the molecule is CC1CN(c2c(C=O)cc3c(-n4cc(I)cn4)noc3c2F)CC(C)O1. The Bertz CT molecular complexity index is 976. The monoisotopic (exact) mass is 470 g/mol. The Hall–Kier alpha value is -2.01. The van der Waals surface area contributed by atoms with E-state index >= 15 is 4.39 Å². The number of rotatable bonds is 3. The zero-order chi connectivity index (χ0) is 18.4. The van der Waals surface area contributed by atoms with Crippen molar-refractivity contribution in [3.63, 3.8) is 0 Å². The van der Waals surface area contributed by atoms with Gasteiger partial charge in [0.05, 0.1) is 33.0 Å². The molecule has 0 spiro atoms. The molecule has 2 atom stereocenters. The molecule has 1 aliphatic rings. The topological polar surface area (TPSA) is 73.4 Å². The largest absolute Gasteiger partial charge is 0.372 e. The second kappa shape index (κ2) is 6.62. The minimum Gasteiger partial charge on any atom is -0.372 e. The van der Waals surface area contributed by atoms with E-state index in [0.29, 0.717) is 30.6 Å². The van der Waals surface area contributed by atoms with E-state index in [-0.39, 0.29) is 29.0 Å². The summed E-state index contributed by atoms with van der Waals surface area (Å²) in [4.78, 5) is 13.5. The van der Waals surface area contributed by atoms with Crippen molar-refractivity contribution in [2.45, 2.75) is 26.1 Å². The normalized spacial score (nSPS) is 20.7. The summed E-state index contributed by atoms with van der Waals surface area (Å²) < 4.78 is 28.7. The number of benzene rings is 1. The quantitative estimate of drug-likeness (QED) is 0.433. The summed E-state index contributed by atoms with van der Waals surface area (Å²) >= 11 is 2.12. The van der Waals surface area contributed by atoms with Crippen molar-refractivity contribution < 1.29 is 18.4 Å². The van der Waals surface area contributed by atoms with Gasteiger partial charge in [-0.3, -0.25) is 4.79 Å².